The first-order valence-electron chi connectivity index (χ1n) is 1.66. The van der Waals surface area contributed by atoms with E-state index in [0.717, 1.165) is 0 Å². The van der Waals surface area contributed by atoms with Crippen molar-refractivity contribution >= 4 is 18.4 Å². The van der Waals surface area contributed by atoms with E-state index in [1.165, 1.54) is 0 Å². The Morgan fingerprint density at radius 2 is 1.88 bits per heavy atom. The van der Waals surface area contributed by atoms with Crippen LogP contribution in [0.3, 0.4) is 0 Å². The number of carbonyl (C=O) groups excluding carboxylic acids is 1. The molecule has 0 aliphatic carbocycles. The Morgan fingerprint density at radius 3 is 1.88 bits per heavy atom. The van der Waals surface area contributed by atoms with E-state index >= 15 is 0 Å². The molecule has 0 unspecified atom stereocenters. The fourth-order valence-corrected chi connectivity index (χ4v) is 0.245. The maximum Gasteiger partial charge on any atom is 0.450 e. The SMILES string of the molecule is O=C(C[S])C(F)(F)F. The number of hydrogen-bond donors (Lipinski definition) is 0. The number of alkyl halides is 3. The molecule has 5 heteroatoms. The highest BCUT2D eigenvalue weighted by Crippen LogP contribution is 2.15. The minimum atomic E-state index is -4.73. The highest BCUT2D eigenvalue weighted by Gasteiger charge is 2.36. The Morgan fingerprint density at radius 1 is 1.50 bits per heavy atom. The van der Waals surface area contributed by atoms with Gasteiger partial charge in [0.05, 0.1) is 5.75 Å². The van der Waals surface area contributed by atoms with Gasteiger partial charge in [0, 0.05) is 0 Å². The molecule has 1 nitrogen and oxygen atoms in total. The summed E-state index contributed by atoms with van der Waals surface area (Å²) in [6, 6.07) is 0. The lowest BCUT2D eigenvalue weighted by Gasteiger charge is -1.98. The van der Waals surface area contributed by atoms with Crippen LogP contribution < -0.4 is 0 Å². The van der Waals surface area contributed by atoms with Gasteiger partial charge in [-0.3, -0.25) is 4.79 Å². The number of hydrogen-bond acceptors (Lipinski definition) is 1. The summed E-state index contributed by atoms with van der Waals surface area (Å²) in [6.45, 7) is 0. The minimum absolute atomic E-state index is 0.885. The van der Waals surface area contributed by atoms with E-state index in [2.05, 4.69) is 12.6 Å². The molecule has 0 aromatic heterocycles. The van der Waals surface area contributed by atoms with Crippen LogP contribution >= 0.6 is 12.6 Å². The van der Waals surface area contributed by atoms with Crippen LogP contribution in [0.15, 0.2) is 0 Å². The van der Waals surface area contributed by atoms with Crippen LogP contribution in [0, 0.1) is 0 Å². The first kappa shape index (κ1) is 7.81. The second-order valence-electron chi connectivity index (χ2n) is 1.07. The molecule has 0 rings (SSSR count). The fraction of sp³-hybridized carbons (Fsp3) is 0.667. The molecular formula is C3H2F3OS. The third-order valence-corrected chi connectivity index (χ3v) is 0.709. The summed E-state index contributed by atoms with van der Waals surface area (Å²) in [5, 5.41) is 0. The fourth-order valence-electron chi connectivity index (χ4n) is 0.0818. The van der Waals surface area contributed by atoms with Crippen LogP contribution in [0.25, 0.3) is 0 Å². The summed E-state index contributed by atoms with van der Waals surface area (Å²) in [5.74, 6) is -2.74. The lowest BCUT2D eigenvalue weighted by atomic mass is 10.4. The zero-order chi connectivity index (χ0) is 6.78. The minimum Gasteiger partial charge on any atom is -0.289 e. The summed E-state index contributed by atoms with van der Waals surface area (Å²) in [4.78, 5) is 9.60. The topological polar surface area (TPSA) is 17.1 Å². The number of Topliss-reactive ketones (excluding diaryl/α,β-unsaturated/α-hetero) is 1. The second-order valence-corrected chi connectivity index (χ2v) is 1.35. The molecule has 0 aromatic carbocycles. The Bertz CT molecular complexity index is 97.2. The molecule has 1 radical (unpaired) electrons. The van der Waals surface area contributed by atoms with Crippen LogP contribution in [-0.4, -0.2) is 17.7 Å². The van der Waals surface area contributed by atoms with Gasteiger partial charge in [0.1, 0.15) is 0 Å². The molecule has 0 fully saturated rings. The van der Waals surface area contributed by atoms with Crippen molar-refractivity contribution in [3.63, 3.8) is 0 Å². The van der Waals surface area contributed by atoms with Gasteiger partial charge < -0.3 is 0 Å². The smallest absolute Gasteiger partial charge is 0.289 e. The number of rotatable bonds is 1. The maximum absolute atomic E-state index is 11.0. The zero-order valence-corrected chi connectivity index (χ0v) is 4.47. The second kappa shape index (κ2) is 2.39. The molecule has 0 bridgehead atoms. The van der Waals surface area contributed by atoms with E-state index in [0.29, 0.717) is 0 Å². The quantitative estimate of drug-likeness (QED) is 0.541. The van der Waals surface area contributed by atoms with E-state index in [1.54, 1.807) is 0 Å². The molecule has 0 atom stereocenters. The molecule has 0 saturated heterocycles. The molecular weight excluding hydrogens is 141 g/mol. The van der Waals surface area contributed by atoms with Gasteiger partial charge >= 0.3 is 6.18 Å². The number of ketones is 1. The van der Waals surface area contributed by atoms with Gasteiger partial charge in [-0.2, -0.15) is 13.2 Å². The van der Waals surface area contributed by atoms with Gasteiger partial charge in [-0.25, -0.2) is 0 Å². The average Bonchev–Trinajstić information content (AvgIpc) is 1.62. The Hall–Kier alpha value is -0.190. The van der Waals surface area contributed by atoms with Crippen LogP contribution in [0.4, 0.5) is 13.2 Å². The summed E-state index contributed by atoms with van der Waals surface area (Å²) in [6.07, 6.45) is -4.73. The maximum atomic E-state index is 11.0. The summed E-state index contributed by atoms with van der Waals surface area (Å²) < 4.78 is 33.1. The highest BCUT2D eigenvalue weighted by molar-refractivity contribution is 7.81. The monoisotopic (exact) mass is 143 g/mol. The lowest BCUT2D eigenvalue weighted by Crippen LogP contribution is -2.23. The van der Waals surface area contributed by atoms with Crippen molar-refractivity contribution < 1.29 is 18.0 Å². The van der Waals surface area contributed by atoms with Crippen molar-refractivity contribution in [3.05, 3.63) is 0 Å². The van der Waals surface area contributed by atoms with Crippen molar-refractivity contribution in [1.29, 1.82) is 0 Å². The van der Waals surface area contributed by atoms with E-state index in [1.807, 2.05) is 0 Å². The Labute approximate surface area is 49.3 Å². The van der Waals surface area contributed by atoms with E-state index in [-0.39, 0.29) is 0 Å². The predicted molar refractivity (Wildman–Crippen MR) is 23.5 cm³/mol. The van der Waals surface area contributed by atoms with Crippen molar-refractivity contribution in [2.45, 2.75) is 6.18 Å². The molecule has 0 N–H and O–H groups in total. The van der Waals surface area contributed by atoms with Crippen LogP contribution in [-0.2, 0) is 4.79 Å². The molecule has 0 aromatic rings. The third-order valence-electron chi connectivity index (χ3n) is 0.447. The van der Waals surface area contributed by atoms with Crippen molar-refractivity contribution in [1.82, 2.24) is 0 Å². The Balaban J connectivity index is 3.82. The zero-order valence-electron chi connectivity index (χ0n) is 3.66. The molecule has 0 spiro atoms. The lowest BCUT2D eigenvalue weighted by molar-refractivity contribution is -0.167. The molecule has 0 aliphatic heterocycles. The molecule has 0 saturated carbocycles. The molecule has 0 aliphatic rings. The molecule has 0 heterocycles. The normalized spacial score (nSPS) is 11.5. The summed E-state index contributed by atoms with van der Waals surface area (Å²) in [5.41, 5.74) is 0. The van der Waals surface area contributed by atoms with Crippen molar-refractivity contribution in [3.8, 4) is 0 Å². The van der Waals surface area contributed by atoms with Gasteiger partial charge in [0.15, 0.2) is 0 Å². The Kier molecular flexibility index (Phi) is 2.33. The van der Waals surface area contributed by atoms with Gasteiger partial charge in [-0.15, -0.1) is 0 Å². The highest BCUT2D eigenvalue weighted by atomic mass is 32.1. The standard InChI is InChI=1S/C3H2F3OS/c4-3(5,6)2(7)1-8/h1H2. The first-order valence-corrected chi connectivity index (χ1v) is 2.24. The van der Waals surface area contributed by atoms with Crippen molar-refractivity contribution in [2.24, 2.45) is 0 Å². The van der Waals surface area contributed by atoms with E-state index in [9.17, 15) is 18.0 Å². The number of carbonyl (C=O) groups is 1. The molecule has 0 amide bonds. The molecule has 47 valence electrons. The average molecular weight is 143 g/mol. The van der Waals surface area contributed by atoms with Crippen LogP contribution in [0.5, 0.6) is 0 Å². The third kappa shape index (κ3) is 2.20. The van der Waals surface area contributed by atoms with E-state index < -0.39 is 17.7 Å². The van der Waals surface area contributed by atoms with Crippen molar-refractivity contribution in [2.75, 3.05) is 5.75 Å². The van der Waals surface area contributed by atoms with Crippen LogP contribution in [0.1, 0.15) is 0 Å². The van der Waals surface area contributed by atoms with Gasteiger partial charge in [0.2, 0.25) is 5.78 Å². The van der Waals surface area contributed by atoms with Gasteiger partial charge in [-0.1, -0.05) is 12.6 Å². The van der Waals surface area contributed by atoms with Gasteiger partial charge in [-0.05, 0) is 0 Å². The molecule has 8 heavy (non-hydrogen) atoms. The van der Waals surface area contributed by atoms with Gasteiger partial charge in [0.25, 0.3) is 0 Å². The predicted octanol–water partition coefficient (Wildman–Crippen LogP) is 1.32. The number of halogens is 3. The first-order chi connectivity index (χ1) is 3.48. The van der Waals surface area contributed by atoms with Crippen LogP contribution in [0.2, 0.25) is 0 Å². The largest absolute Gasteiger partial charge is 0.450 e. The van der Waals surface area contributed by atoms with E-state index in [4.69, 9.17) is 0 Å². The summed E-state index contributed by atoms with van der Waals surface area (Å²) in [7, 11) is 0. The summed E-state index contributed by atoms with van der Waals surface area (Å²) >= 11 is 3.85.